The van der Waals surface area contributed by atoms with Crippen molar-refractivity contribution in [3.8, 4) is 0 Å². The van der Waals surface area contributed by atoms with E-state index in [0.29, 0.717) is 31.2 Å². The number of nitrogens with one attached hydrogen (secondary N) is 3. The lowest BCUT2D eigenvalue weighted by Crippen LogP contribution is -2.37. The van der Waals surface area contributed by atoms with Crippen molar-refractivity contribution in [1.29, 1.82) is 0 Å². The molecule has 0 aliphatic carbocycles. The molecule has 0 atom stereocenters. The minimum absolute atomic E-state index is 0. The molecule has 0 spiro atoms. The Morgan fingerprint density at radius 1 is 1.06 bits per heavy atom. The van der Waals surface area contributed by atoms with Gasteiger partial charge >= 0.3 is 0 Å². The summed E-state index contributed by atoms with van der Waals surface area (Å²) in [6.45, 7) is 6.43. The van der Waals surface area contributed by atoms with Gasteiger partial charge in [0.25, 0.3) is 5.91 Å². The van der Waals surface area contributed by atoms with Crippen LogP contribution in [0, 0.1) is 5.82 Å². The van der Waals surface area contributed by atoms with Gasteiger partial charge in [-0.15, -0.1) is 24.0 Å². The van der Waals surface area contributed by atoms with Crippen molar-refractivity contribution in [3.63, 3.8) is 0 Å². The van der Waals surface area contributed by atoms with Crippen LogP contribution in [0.1, 0.15) is 47.3 Å². The molecular weight excluding hydrogens is 526 g/mol. The molecule has 2 rings (SSSR count). The van der Waals surface area contributed by atoms with E-state index in [0.717, 1.165) is 35.4 Å². The van der Waals surface area contributed by atoms with Gasteiger partial charge in [0.2, 0.25) is 0 Å². The summed E-state index contributed by atoms with van der Waals surface area (Å²) in [5, 5.41) is 9.44. The van der Waals surface area contributed by atoms with E-state index in [2.05, 4.69) is 20.9 Å². The van der Waals surface area contributed by atoms with Crippen LogP contribution < -0.4 is 16.0 Å². The van der Waals surface area contributed by atoms with Crippen LogP contribution in [0.3, 0.4) is 0 Å². The largest absolute Gasteiger partial charge is 0.357 e. The van der Waals surface area contributed by atoms with E-state index in [1.165, 1.54) is 6.07 Å². The van der Waals surface area contributed by atoms with Gasteiger partial charge in [0, 0.05) is 31.0 Å². The third-order valence-corrected chi connectivity index (χ3v) is 5.00. The lowest BCUT2D eigenvalue weighted by molar-refractivity contribution is 0.0953. The van der Waals surface area contributed by atoms with Gasteiger partial charge in [-0.1, -0.05) is 25.1 Å². The van der Waals surface area contributed by atoms with Crippen molar-refractivity contribution < 1.29 is 9.18 Å². The first kappa shape index (κ1) is 27.2. The molecule has 1 amide bonds. The highest BCUT2D eigenvalue weighted by molar-refractivity contribution is 14.0. The third kappa shape index (κ3) is 9.47. The standard InChI is InChI=1S/C23H31FN4OS.HI/c1-4-11-26-22(29)18-8-6-7-17(12-18)14-27-23(25-5-2)28-15-19-9-10-21(24)13-20(19)16-30-3;/h6-10,12-13H,4-5,11,14-16H2,1-3H3,(H,26,29)(H2,25,27,28);1H. The summed E-state index contributed by atoms with van der Waals surface area (Å²) in [6, 6.07) is 12.4. The van der Waals surface area contributed by atoms with Crippen molar-refractivity contribution in [2.45, 2.75) is 39.1 Å². The highest BCUT2D eigenvalue weighted by Gasteiger charge is 2.07. The second kappa shape index (κ2) is 15.1. The zero-order chi connectivity index (χ0) is 21.8. The number of aliphatic imine (C=N–C) groups is 1. The minimum Gasteiger partial charge on any atom is -0.357 e. The normalized spacial score (nSPS) is 10.9. The number of benzene rings is 2. The van der Waals surface area contributed by atoms with Gasteiger partial charge in [-0.2, -0.15) is 11.8 Å². The molecule has 2 aromatic rings. The van der Waals surface area contributed by atoms with Gasteiger partial charge in [-0.05, 0) is 60.6 Å². The summed E-state index contributed by atoms with van der Waals surface area (Å²) < 4.78 is 13.6. The quantitative estimate of drug-likeness (QED) is 0.225. The molecule has 0 aliphatic heterocycles. The second-order valence-corrected chi connectivity index (χ2v) is 7.72. The van der Waals surface area contributed by atoms with Crippen LogP contribution >= 0.6 is 35.7 Å². The van der Waals surface area contributed by atoms with Crippen LogP contribution in [0.15, 0.2) is 47.5 Å². The zero-order valence-electron chi connectivity index (χ0n) is 18.3. The molecule has 2 aromatic carbocycles. The Morgan fingerprint density at radius 3 is 2.58 bits per heavy atom. The van der Waals surface area contributed by atoms with Gasteiger partial charge in [-0.25, -0.2) is 9.38 Å². The fraction of sp³-hybridized carbons (Fsp3) is 0.391. The summed E-state index contributed by atoms with van der Waals surface area (Å²) in [7, 11) is 0. The number of hydrogen-bond donors (Lipinski definition) is 3. The summed E-state index contributed by atoms with van der Waals surface area (Å²) in [5.74, 6) is 1.16. The van der Waals surface area contributed by atoms with Crippen LogP contribution in [-0.4, -0.2) is 31.2 Å². The van der Waals surface area contributed by atoms with Crippen molar-refractivity contribution in [3.05, 3.63) is 70.5 Å². The highest BCUT2D eigenvalue weighted by Crippen LogP contribution is 2.16. The molecule has 0 unspecified atom stereocenters. The predicted octanol–water partition coefficient (Wildman–Crippen LogP) is 4.70. The number of carbonyl (C=O) groups is 1. The molecule has 0 bridgehead atoms. The number of hydrogen-bond acceptors (Lipinski definition) is 3. The van der Waals surface area contributed by atoms with Gasteiger partial charge in [0.1, 0.15) is 5.82 Å². The van der Waals surface area contributed by atoms with Crippen LogP contribution in [0.2, 0.25) is 0 Å². The third-order valence-electron chi connectivity index (χ3n) is 4.40. The van der Waals surface area contributed by atoms with E-state index in [1.807, 2.05) is 50.4 Å². The Labute approximate surface area is 206 Å². The molecule has 5 nitrogen and oxygen atoms in total. The molecule has 0 heterocycles. The first-order valence-corrected chi connectivity index (χ1v) is 11.6. The number of halogens is 2. The van der Waals surface area contributed by atoms with Gasteiger partial charge < -0.3 is 16.0 Å². The fourth-order valence-corrected chi connectivity index (χ4v) is 3.48. The number of rotatable bonds is 10. The predicted molar refractivity (Wildman–Crippen MR) is 140 cm³/mol. The Kier molecular flexibility index (Phi) is 13.2. The van der Waals surface area contributed by atoms with E-state index in [9.17, 15) is 9.18 Å². The first-order chi connectivity index (χ1) is 14.6. The van der Waals surface area contributed by atoms with Crippen LogP contribution in [0.25, 0.3) is 0 Å². The molecular formula is C23H32FIN4OS. The monoisotopic (exact) mass is 558 g/mol. The molecule has 0 aliphatic rings. The molecule has 0 fully saturated rings. The van der Waals surface area contributed by atoms with Crippen molar-refractivity contribution >= 4 is 47.6 Å². The molecule has 8 heteroatoms. The summed E-state index contributed by atoms with van der Waals surface area (Å²) >= 11 is 1.67. The van der Waals surface area contributed by atoms with E-state index in [4.69, 9.17) is 0 Å². The van der Waals surface area contributed by atoms with E-state index in [-0.39, 0.29) is 35.7 Å². The smallest absolute Gasteiger partial charge is 0.251 e. The SMILES string of the molecule is CCCNC(=O)c1cccc(CN=C(NCC)NCc2ccc(F)cc2CSC)c1.I. The Morgan fingerprint density at radius 2 is 1.87 bits per heavy atom. The Bertz CT molecular complexity index is 863. The van der Waals surface area contributed by atoms with Gasteiger partial charge in [0.15, 0.2) is 5.96 Å². The second-order valence-electron chi connectivity index (χ2n) is 6.85. The first-order valence-electron chi connectivity index (χ1n) is 10.2. The number of nitrogens with zero attached hydrogens (tertiary/aromatic N) is 1. The van der Waals surface area contributed by atoms with Gasteiger partial charge in [0.05, 0.1) is 6.54 Å². The maximum Gasteiger partial charge on any atom is 0.251 e. The van der Waals surface area contributed by atoms with Crippen molar-refractivity contribution in [1.82, 2.24) is 16.0 Å². The zero-order valence-corrected chi connectivity index (χ0v) is 21.5. The molecule has 0 saturated carbocycles. The molecule has 0 radical (unpaired) electrons. The van der Waals surface area contributed by atoms with Crippen LogP contribution in [0.5, 0.6) is 0 Å². The van der Waals surface area contributed by atoms with E-state index >= 15 is 0 Å². The number of amides is 1. The lowest BCUT2D eigenvalue weighted by atomic mass is 10.1. The van der Waals surface area contributed by atoms with Gasteiger partial charge in [-0.3, -0.25) is 4.79 Å². The van der Waals surface area contributed by atoms with Crippen LogP contribution in [-0.2, 0) is 18.8 Å². The summed E-state index contributed by atoms with van der Waals surface area (Å²) in [5.41, 5.74) is 3.63. The van der Waals surface area contributed by atoms with Crippen LogP contribution in [0.4, 0.5) is 4.39 Å². The summed E-state index contributed by atoms with van der Waals surface area (Å²) in [4.78, 5) is 16.8. The van der Waals surface area contributed by atoms with E-state index in [1.54, 1.807) is 17.8 Å². The highest BCUT2D eigenvalue weighted by atomic mass is 127. The average Bonchev–Trinajstić information content (AvgIpc) is 2.75. The Hall–Kier alpha value is -1.81. The van der Waals surface area contributed by atoms with E-state index < -0.39 is 0 Å². The lowest BCUT2D eigenvalue weighted by Gasteiger charge is -2.14. The fourth-order valence-electron chi connectivity index (χ4n) is 2.90. The molecule has 170 valence electrons. The molecule has 3 N–H and O–H groups in total. The van der Waals surface area contributed by atoms with Crippen molar-refractivity contribution in [2.24, 2.45) is 4.99 Å². The summed E-state index contributed by atoms with van der Waals surface area (Å²) in [6.07, 6.45) is 2.91. The number of guanidine groups is 1. The average molecular weight is 559 g/mol. The topological polar surface area (TPSA) is 65.5 Å². The maximum atomic E-state index is 13.6. The minimum atomic E-state index is -0.216. The Balaban J connectivity index is 0.00000480. The number of carbonyl (C=O) groups excluding carboxylic acids is 1. The molecule has 0 saturated heterocycles. The molecule has 0 aromatic heterocycles. The maximum absolute atomic E-state index is 13.6. The molecule has 31 heavy (non-hydrogen) atoms. The van der Waals surface area contributed by atoms with Crippen molar-refractivity contribution in [2.75, 3.05) is 19.3 Å². The number of thioether (sulfide) groups is 1.